The lowest BCUT2D eigenvalue weighted by molar-refractivity contribution is -0.141. The van der Waals surface area contributed by atoms with Crippen LogP contribution in [0.1, 0.15) is 25.0 Å². The van der Waals surface area contributed by atoms with Crippen LogP contribution in [0.2, 0.25) is 0 Å². The Morgan fingerprint density at radius 2 is 2.26 bits per heavy atom. The number of rotatable bonds is 6. The van der Waals surface area contributed by atoms with E-state index in [1.807, 2.05) is 0 Å². The average molecular weight is 331 g/mol. The second kappa shape index (κ2) is 7.58. The number of primary amides is 1. The van der Waals surface area contributed by atoms with E-state index in [0.717, 1.165) is 38.2 Å². The van der Waals surface area contributed by atoms with Gasteiger partial charge in [0, 0.05) is 19.3 Å². The fraction of sp³-hybridized carbons (Fsp3) is 0.643. The van der Waals surface area contributed by atoms with Gasteiger partial charge in [-0.3, -0.25) is 4.79 Å². The highest BCUT2D eigenvalue weighted by atomic mass is 19.4. The molecule has 0 spiro atoms. The van der Waals surface area contributed by atoms with E-state index < -0.39 is 11.9 Å². The minimum Gasteiger partial charge on any atom is -0.369 e. The Hall–Kier alpha value is -1.90. The Bertz CT molecular complexity index is 537. The number of hydrogen-bond acceptors (Lipinski definition) is 5. The Morgan fingerprint density at radius 3 is 2.96 bits per heavy atom. The van der Waals surface area contributed by atoms with Gasteiger partial charge in [0.05, 0.1) is 5.92 Å². The maximum Gasteiger partial charge on any atom is 0.433 e. The quantitative estimate of drug-likeness (QED) is 0.772. The van der Waals surface area contributed by atoms with Gasteiger partial charge < -0.3 is 16.0 Å². The number of nitrogens with two attached hydrogens (primary N) is 1. The monoisotopic (exact) mass is 331 g/mol. The van der Waals surface area contributed by atoms with Crippen LogP contribution in [0.4, 0.5) is 19.1 Å². The summed E-state index contributed by atoms with van der Waals surface area (Å²) in [6.07, 6.45) is -0.928. The van der Waals surface area contributed by atoms with E-state index in [1.54, 1.807) is 0 Å². The van der Waals surface area contributed by atoms with Crippen LogP contribution >= 0.6 is 0 Å². The molecule has 1 aromatic rings. The molecule has 9 heteroatoms. The number of hydrogen-bond donors (Lipinski definition) is 2. The van der Waals surface area contributed by atoms with Crippen LogP contribution in [0.5, 0.6) is 0 Å². The average Bonchev–Trinajstić information content (AvgIpc) is 2.51. The van der Waals surface area contributed by atoms with E-state index in [0.29, 0.717) is 19.5 Å². The molecule has 0 saturated carbocycles. The molecule has 1 saturated heterocycles. The summed E-state index contributed by atoms with van der Waals surface area (Å²) >= 11 is 0. The minimum absolute atomic E-state index is 0.0338. The standard InChI is InChI=1S/C14H20F3N5O/c15-14(16,17)11-4-6-20-13(21-11)19-5-2-8-22-7-1-3-10(9-22)12(18)23/h4,6,10H,1-3,5,7-9H2,(H2,18,23)(H,19,20,21)/t10-/m0/s1. The summed E-state index contributed by atoms with van der Waals surface area (Å²) in [5.74, 6) is -0.415. The number of nitrogens with zero attached hydrogens (tertiary/aromatic N) is 3. The zero-order chi connectivity index (χ0) is 16.9. The summed E-state index contributed by atoms with van der Waals surface area (Å²) in [5.41, 5.74) is 4.36. The molecule has 1 amide bonds. The molecule has 0 radical (unpaired) electrons. The molecule has 2 heterocycles. The zero-order valence-electron chi connectivity index (χ0n) is 12.6. The van der Waals surface area contributed by atoms with E-state index in [9.17, 15) is 18.0 Å². The Morgan fingerprint density at radius 1 is 1.48 bits per heavy atom. The summed E-state index contributed by atoms with van der Waals surface area (Å²) in [6.45, 7) is 2.76. The van der Waals surface area contributed by atoms with Crippen molar-refractivity contribution in [2.45, 2.75) is 25.4 Å². The number of carbonyl (C=O) groups is 1. The van der Waals surface area contributed by atoms with Gasteiger partial charge in [-0.1, -0.05) is 0 Å². The Kier molecular flexibility index (Phi) is 5.75. The highest BCUT2D eigenvalue weighted by Crippen LogP contribution is 2.27. The molecule has 1 atom stereocenters. The summed E-state index contributed by atoms with van der Waals surface area (Å²) < 4.78 is 37.6. The number of carbonyl (C=O) groups excluding carboxylic acids is 1. The first-order valence-electron chi connectivity index (χ1n) is 7.52. The first-order chi connectivity index (χ1) is 10.9. The fourth-order valence-electron chi connectivity index (χ4n) is 2.60. The third kappa shape index (κ3) is 5.34. The molecule has 0 unspecified atom stereocenters. The van der Waals surface area contributed by atoms with Crippen molar-refractivity contribution < 1.29 is 18.0 Å². The first kappa shape index (κ1) is 17.5. The maximum atomic E-state index is 12.5. The maximum absolute atomic E-state index is 12.5. The highest BCUT2D eigenvalue weighted by Gasteiger charge is 2.32. The van der Waals surface area contributed by atoms with Crippen LogP contribution in [-0.4, -0.2) is 47.0 Å². The van der Waals surface area contributed by atoms with Crippen molar-refractivity contribution in [3.63, 3.8) is 0 Å². The van der Waals surface area contributed by atoms with Crippen molar-refractivity contribution >= 4 is 11.9 Å². The molecule has 3 N–H and O–H groups in total. The van der Waals surface area contributed by atoms with Crippen molar-refractivity contribution in [1.29, 1.82) is 0 Å². The van der Waals surface area contributed by atoms with Crippen LogP contribution in [0.15, 0.2) is 12.3 Å². The van der Waals surface area contributed by atoms with Crippen molar-refractivity contribution in [3.05, 3.63) is 18.0 Å². The number of anilines is 1. The normalized spacial score (nSPS) is 19.5. The lowest BCUT2D eigenvalue weighted by Gasteiger charge is -2.31. The number of alkyl halides is 3. The summed E-state index contributed by atoms with van der Waals surface area (Å²) in [7, 11) is 0. The molecular formula is C14H20F3N5O. The van der Waals surface area contributed by atoms with Crippen LogP contribution in [0, 0.1) is 5.92 Å². The third-order valence-corrected chi connectivity index (χ3v) is 3.79. The zero-order valence-corrected chi connectivity index (χ0v) is 12.6. The van der Waals surface area contributed by atoms with Gasteiger partial charge in [0.25, 0.3) is 0 Å². The van der Waals surface area contributed by atoms with E-state index >= 15 is 0 Å². The number of likely N-dealkylation sites (tertiary alicyclic amines) is 1. The highest BCUT2D eigenvalue weighted by molar-refractivity contribution is 5.76. The molecule has 0 aliphatic carbocycles. The molecule has 1 aromatic heterocycles. The first-order valence-corrected chi connectivity index (χ1v) is 7.52. The van der Waals surface area contributed by atoms with Gasteiger partial charge in [-0.15, -0.1) is 0 Å². The van der Waals surface area contributed by atoms with E-state index in [-0.39, 0.29) is 17.8 Å². The molecule has 23 heavy (non-hydrogen) atoms. The molecule has 0 bridgehead atoms. The number of halogens is 3. The van der Waals surface area contributed by atoms with E-state index in [1.165, 1.54) is 0 Å². The SMILES string of the molecule is NC(=O)[C@H]1CCCN(CCCNc2nccc(C(F)(F)F)n2)C1. The van der Waals surface area contributed by atoms with Gasteiger partial charge in [0.2, 0.25) is 11.9 Å². The smallest absolute Gasteiger partial charge is 0.369 e. The molecule has 1 aliphatic heterocycles. The summed E-state index contributed by atoms with van der Waals surface area (Å²) in [5, 5.41) is 2.79. The Labute approximate surface area is 132 Å². The molecule has 128 valence electrons. The second-order valence-corrected chi connectivity index (χ2v) is 5.59. The summed E-state index contributed by atoms with van der Waals surface area (Å²) in [6, 6.07) is 0.836. The van der Waals surface area contributed by atoms with Crippen LogP contribution in [0.25, 0.3) is 0 Å². The molecular weight excluding hydrogens is 311 g/mol. The minimum atomic E-state index is -4.48. The number of aromatic nitrogens is 2. The van der Waals surface area contributed by atoms with Gasteiger partial charge in [-0.25, -0.2) is 9.97 Å². The predicted octanol–water partition coefficient (Wildman–Crippen LogP) is 1.49. The van der Waals surface area contributed by atoms with Crippen molar-refractivity contribution in [3.8, 4) is 0 Å². The van der Waals surface area contributed by atoms with Gasteiger partial charge in [-0.05, 0) is 38.4 Å². The fourth-order valence-corrected chi connectivity index (χ4v) is 2.60. The second-order valence-electron chi connectivity index (χ2n) is 5.59. The van der Waals surface area contributed by atoms with E-state index in [4.69, 9.17) is 5.73 Å². The number of nitrogens with one attached hydrogen (secondary N) is 1. The molecule has 1 fully saturated rings. The van der Waals surface area contributed by atoms with Gasteiger partial charge in [0.1, 0.15) is 5.69 Å². The largest absolute Gasteiger partial charge is 0.433 e. The Balaban J connectivity index is 1.74. The van der Waals surface area contributed by atoms with Crippen molar-refractivity contribution in [2.24, 2.45) is 11.7 Å². The third-order valence-electron chi connectivity index (χ3n) is 3.79. The summed E-state index contributed by atoms with van der Waals surface area (Å²) in [4.78, 5) is 20.6. The number of piperidine rings is 1. The van der Waals surface area contributed by atoms with Crippen LogP contribution in [0.3, 0.4) is 0 Å². The van der Waals surface area contributed by atoms with Crippen molar-refractivity contribution in [2.75, 3.05) is 31.5 Å². The van der Waals surface area contributed by atoms with E-state index in [2.05, 4.69) is 20.2 Å². The van der Waals surface area contributed by atoms with Gasteiger partial charge in [0.15, 0.2) is 0 Å². The molecule has 1 aliphatic rings. The van der Waals surface area contributed by atoms with Crippen molar-refractivity contribution in [1.82, 2.24) is 14.9 Å². The van der Waals surface area contributed by atoms with Crippen LogP contribution in [-0.2, 0) is 11.0 Å². The van der Waals surface area contributed by atoms with Gasteiger partial charge in [-0.2, -0.15) is 13.2 Å². The lowest BCUT2D eigenvalue weighted by atomic mass is 9.97. The molecule has 2 rings (SSSR count). The topological polar surface area (TPSA) is 84.1 Å². The van der Waals surface area contributed by atoms with Crippen LogP contribution < -0.4 is 11.1 Å². The molecule has 0 aromatic carbocycles. The lowest BCUT2D eigenvalue weighted by Crippen LogP contribution is -2.41. The number of amides is 1. The molecule has 6 nitrogen and oxygen atoms in total. The van der Waals surface area contributed by atoms with Gasteiger partial charge >= 0.3 is 6.18 Å². The predicted molar refractivity (Wildman–Crippen MR) is 78.5 cm³/mol.